The molecule has 0 unspecified atom stereocenters. The van der Waals surface area contributed by atoms with Crippen LogP contribution in [0.25, 0.3) is 0 Å². The van der Waals surface area contributed by atoms with Gasteiger partial charge in [0.25, 0.3) is 0 Å². The van der Waals surface area contributed by atoms with Crippen molar-refractivity contribution < 1.29 is 4.79 Å². The molecule has 0 aromatic carbocycles. The van der Waals surface area contributed by atoms with Gasteiger partial charge in [0.05, 0.1) is 11.9 Å². The van der Waals surface area contributed by atoms with E-state index < -0.39 is 0 Å². The quantitative estimate of drug-likeness (QED) is 0.810. The molecule has 1 aromatic rings. The van der Waals surface area contributed by atoms with Crippen LogP contribution in [0.4, 0.5) is 0 Å². The van der Waals surface area contributed by atoms with Crippen molar-refractivity contribution in [3.8, 4) is 0 Å². The van der Waals surface area contributed by atoms with Gasteiger partial charge < -0.3 is 10.6 Å². The van der Waals surface area contributed by atoms with Crippen molar-refractivity contribution in [2.24, 2.45) is 0 Å². The Bertz CT molecular complexity index is 391. The van der Waals surface area contributed by atoms with Crippen LogP contribution in [0.2, 0.25) is 0 Å². The summed E-state index contributed by atoms with van der Waals surface area (Å²) in [6.45, 7) is 10.9. The van der Waals surface area contributed by atoms with Crippen molar-refractivity contribution in [3.63, 3.8) is 0 Å². The summed E-state index contributed by atoms with van der Waals surface area (Å²) in [4.78, 5) is 11.7. The lowest BCUT2D eigenvalue weighted by Crippen LogP contribution is -2.42. The van der Waals surface area contributed by atoms with Crippen LogP contribution in [0.5, 0.6) is 0 Å². The number of nitrogens with one attached hydrogen (secondary N) is 2. The summed E-state index contributed by atoms with van der Waals surface area (Å²) < 4.78 is 1.55. The van der Waals surface area contributed by atoms with Gasteiger partial charge in [-0.1, -0.05) is 19.1 Å². The van der Waals surface area contributed by atoms with Crippen LogP contribution in [-0.2, 0) is 17.9 Å². The molecular weight excluding hydrogens is 230 g/mol. The monoisotopic (exact) mass is 253 g/mol. The third-order valence-electron chi connectivity index (χ3n) is 2.10. The number of nitrogens with zero attached hydrogens (tertiary/aromatic N) is 3. The Morgan fingerprint density at radius 3 is 2.67 bits per heavy atom. The summed E-state index contributed by atoms with van der Waals surface area (Å²) in [5.74, 6) is -0.0595. The van der Waals surface area contributed by atoms with Crippen LogP contribution >= 0.6 is 0 Å². The predicted octanol–water partition coefficient (Wildman–Crippen LogP) is 0.691. The van der Waals surface area contributed by atoms with Crippen molar-refractivity contribution in [1.82, 2.24) is 25.6 Å². The van der Waals surface area contributed by atoms with E-state index in [0.29, 0.717) is 12.6 Å². The summed E-state index contributed by atoms with van der Waals surface area (Å²) in [6, 6.07) is 0.402. The molecule has 1 rings (SSSR count). The molecular formula is C12H23N5O. The maximum absolute atomic E-state index is 11.7. The summed E-state index contributed by atoms with van der Waals surface area (Å²) in [5, 5.41) is 14.1. The number of rotatable bonds is 5. The Kier molecular flexibility index (Phi) is 4.84. The standard InChI is InChI=1S/C12H23N5O/c1-9(2)13-6-10-7-17(16-15-10)8-11(18)14-12(3,4)5/h7,9,13H,6,8H2,1-5H3,(H,14,18). The Morgan fingerprint density at radius 2 is 2.11 bits per heavy atom. The maximum Gasteiger partial charge on any atom is 0.242 e. The van der Waals surface area contributed by atoms with Crippen LogP contribution in [0.3, 0.4) is 0 Å². The number of hydrogen-bond acceptors (Lipinski definition) is 4. The molecule has 6 heteroatoms. The molecule has 18 heavy (non-hydrogen) atoms. The van der Waals surface area contributed by atoms with Gasteiger partial charge in [0.2, 0.25) is 5.91 Å². The Morgan fingerprint density at radius 1 is 1.44 bits per heavy atom. The first kappa shape index (κ1) is 14.6. The van der Waals surface area contributed by atoms with Crippen LogP contribution in [0.15, 0.2) is 6.20 Å². The number of carbonyl (C=O) groups is 1. The van der Waals surface area contributed by atoms with Gasteiger partial charge in [-0.25, -0.2) is 4.68 Å². The van der Waals surface area contributed by atoms with Crippen molar-refractivity contribution in [1.29, 1.82) is 0 Å². The summed E-state index contributed by atoms with van der Waals surface area (Å²) in [7, 11) is 0. The van der Waals surface area contributed by atoms with E-state index in [4.69, 9.17) is 0 Å². The zero-order chi connectivity index (χ0) is 13.8. The zero-order valence-electron chi connectivity index (χ0n) is 11.8. The van der Waals surface area contributed by atoms with Crippen LogP contribution < -0.4 is 10.6 Å². The van der Waals surface area contributed by atoms with Gasteiger partial charge in [-0.2, -0.15) is 0 Å². The number of carbonyl (C=O) groups excluding carboxylic acids is 1. The second-order valence-electron chi connectivity index (χ2n) is 5.74. The topological polar surface area (TPSA) is 71.8 Å². The lowest BCUT2D eigenvalue weighted by molar-refractivity contribution is -0.123. The summed E-state index contributed by atoms with van der Waals surface area (Å²) in [5.41, 5.74) is 0.618. The Hall–Kier alpha value is -1.43. The Balaban J connectivity index is 2.46. The highest BCUT2D eigenvalue weighted by Crippen LogP contribution is 1.99. The first-order valence-corrected chi connectivity index (χ1v) is 6.19. The molecule has 0 aliphatic rings. The van der Waals surface area contributed by atoms with Crippen LogP contribution in [-0.4, -0.2) is 32.5 Å². The molecule has 1 heterocycles. The number of hydrogen-bond donors (Lipinski definition) is 2. The van der Waals surface area contributed by atoms with E-state index in [2.05, 4.69) is 34.8 Å². The molecule has 0 aliphatic heterocycles. The van der Waals surface area contributed by atoms with Gasteiger partial charge >= 0.3 is 0 Å². The molecule has 102 valence electrons. The lowest BCUT2D eigenvalue weighted by Gasteiger charge is -2.20. The molecule has 2 N–H and O–H groups in total. The molecule has 6 nitrogen and oxygen atoms in total. The van der Waals surface area contributed by atoms with E-state index in [1.54, 1.807) is 10.9 Å². The molecule has 1 amide bonds. The fraction of sp³-hybridized carbons (Fsp3) is 0.750. The Labute approximate surface area is 108 Å². The minimum absolute atomic E-state index is 0.0595. The molecule has 0 atom stereocenters. The van der Waals surface area contributed by atoms with Gasteiger partial charge in [-0.3, -0.25) is 4.79 Å². The molecule has 0 aliphatic carbocycles. The zero-order valence-corrected chi connectivity index (χ0v) is 11.8. The van der Waals surface area contributed by atoms with Crippen molar-refractivity contribution in [2.45, 2.75) is 59.3 Å². The number of aromatic nitrogens is 3. The number of amides is 1. The molecule has 0 radical (unpaired) electrons. The second-order valence-corrected chi connectivity index (χ2v) is 5.74. The van der Waals surface area contributed by atoms with E-state index in [0.717, 1.165) is 5.69 Å². The predicted molar refractivity (Wildman–Crippen MR) is 69.9 cm³/mol. The van der Waals surface area contributed by atoms with Gasteiger partial charge in [0.1, 0.15) is 6.54 Å². The summed E-state index contributed by atoms with van der Waals surface area (Å²) >= 11 is 0. The van der Waals surface area contributed by atoms with E-state index in [1.165, 1.54) is 0 Å². The summed E-state index contributed by atoms with van der Waals surface area (Å²) in [6.07, 6.45) is 1.79. The average molecular weight is 253 g/mol. The fourth-order valence-electron chi connectivity index (χ4n) is 1.41. The van der Waals surface area contributed by atoms with Crippen LogP contribution in [0.1, 0.15) is 40.3 Å². The molecule has 0 fully saturated rings. The van der Waals surface area contributed by atoms with Gasteiger partial charge in [0, 0.05) is 18.1 Å². The highest BCUT2D eigenvalue weighted by atomic mass is 16.2. The second kappa shape index (κ2) is 5.95. The first-order chi connectivity index (χ1) is 8.26. The largest absolute Gasteiger partial charge is 0.350 e. The minimum Gasteiger partial charge on any atom is -0.350 e. The average Bonchev–Trinajstić information content (AvgIpc) is 2.59. The van der Waals surface area contributed by atoms with E-state index in [-0.39, 0.29) is 18.0 Å². The third-order valence-corrected chi connectivity index (χ3v) is 2.10. The molecule has 0 bridgehead atoms. The highest BCUT2D eigenvalue weighted by molar-refractivity contribution is 5.76. The van der Waals surface area contributed by atoms with Crippen molar-refractivity contribution in [3.05, 3.63) is 11.9 Å². The van der Waals surface area contributed by atoms with E-state index >= 15 is 0 Å². The van der Waals surface area contributed by atoms with Crippen molar-refractivity contribution in [2.75, 3.05) is 0 Å². The van der Waals surface area contributed by atoms with Crippen LogP contribution in [0, 0.1) is 0 Å². The highest BCUT2D eigenvalue weighted by Gasteiger charge is 2.14. The van der Waals surface area contributed by atoms with E-state index in [9.17, 15) is 4.79 Å². The lowest BCUT2D eigenvalue weighted by atomic mass is 10.1. The maximum atomic E-state index is 11.7. The fourth-order valence-corrected chi connectivity index (χ4v) is 1.41. The van der Waals surface area contributed by atoms with Gasteiger partial charge in [-0.15, -0.1) is 5.10 Å². The molecule has 0 saturated carbocycles. The normalized spacial score (nSPS) is 11.9. The molecule has 1 aromatic heterocycles. The first-order valence-electron chi connectivity index (χ1n) is 6.19. The van der Waals surface area contributed by atoms with Crippen molar-refractivity contribution >= 4 is 5.91 Å². The third kappa shape index (κ3) is 5.77. The van der Waals surface area contributed by atoms with Gasteiger partial charge in [0.15, 0.2) is 0 Å². The van der Waals surface area contributed by atoms with E-state index in [1.807, 2.05) is 20.8 Å². The smallest absolute Gasteiger partial charge is 0.242 e. The molecule has 0 saturated heterocycles. The minimum atomic E-state index is -0.223. The SMILES string of the molecule is CC(C)NCc1cn(CC(=O)NC(C)(C)C)nn1. The van der Waals surface area contributed by atoms with Gasteiger partial charge in [-0.05, 0) is 20.8 Å². The molecule has 0 spiro atoms.